The number of ether oxygens (including phenoxy) is 1. The number of nitrogen functional groups attached to an aromatic ring is 2. The van der Waals surface area contributed by atoms with Crippen molar-refractivity contribution in [3.05, 3.63) is 47.3 Å². The fourth-order valence-corrected chi connectivity index (χ4v) is 3.15. The topological polar surface area (TPSA) is 185 Å². The molecule has 1 aromatic carbocycles. The molecule has 0 spiro atoms. The SMILES string of the molecule is COC(=O)[C@H](CCCN)NC(=O)c1ccc(CCc2cnc3nc(N)nc(N)c3n2)cc1. The van der Waals surface area contributed by atoms with E-state index in [4.69, 9.17) is 21.9 Å². The van der Waals surface area contributed by atoms with Crippen molar-refractivity contribution in [1.29, 1.82) is 0 Å². The van der Waals surface area contributed by atoms with Gasteiger partial charge in [-0.25, -0.2) is 14.8 Å². The predicted molar refractivity (Wildman–Crippen MR) is 119 cm³/mol. The Morgan fingerprint density at radius 1 is 1.09 bits per heavy atom. The zero-order chi connectivity index (χ0) is 23.1. The minimum atomic E-state index is -0.728. The van der Waals surface area contributed by atoms with E-state index >= 15 is 0 Å². The maximum absolute atomic E-state index is 12.5. The van der Waals surface area contributed by atoms with Crippen molar-refractivity contribution in [1.82, 2.24) is 25.3 Å². The smallest absolute Gasteiger partial charge is 0.328 e. The number of nitrogens with one attached hydrogen (secondary N) is 1. The molecule has 2 aromatic heterocycles. The van der Waals surface area contributed by atoms with E-state index in [2.05, 4.69) is 25.3 Å². The van der Waals surface area contributed by atoms with Gasteiger partial charge in [0.05, 0.1) is 19.0 Å². The largest absolute Gasteiger partial charge is 0.467 e. The summed E-state index contributed by atoms with van der Waals surface area (Å²) in [5.74, 6) is -0.597. The van der Waals surface area contributed by atoms with E-state index in [1.165, 1.54) is 7.11 Å². The lowest BCUT2D eigenvalue weighted by molar-refractivity contribution is -0.143. The Labute approximate surface area is 184 Å². The lowest BCUT2D eigenvalue weighted by Gasteiger charge is -2.16. The summed E-state index contributed by atoms with van der Waals surface area (Å²) in [7, 11) is 1.29. The molecule has 1 amide bonds. The van der Waals surface area contributed by atoms with Crippen molar-refractivity contribution < 1.29 is 14.3 Å². The fraction of sp³-hybridized carbons (Fsp3) is 0.333. The molecule has 0 fully saturated rings. The van der Waals surface area contributed by atoms with Crippen LogP contribution < -0.4 is 22.5 Å². The van der Waals surface area contributed by atoms with Crippen molar-refractivity contribution in [3.8, 4) is 0 Å². The number of amides is 1. The Hall–Kier alpha value is -3.86. The summed E-state index contributed by atoms with van der Waals surface area (Å²) in [5, 5.41) is 2.70. The van der Waals surface area contributed by atoms with Crippen LogP contribution in [0.5, 0.6) is 0 Å². The highest BCUT2D eigenvalue weighted by molar-refractivity contribution is 5.96. The van der Waals surface area contributed by atoms with Gasteiger partial charge in [0.25, 0.3) is 5.91 Å². The number of nitrogens with two attached hydrogens (primary N) is 3. The number of benzene rings is 1. The number of aromatic nitrogens is 4. The van der Waals surface area contributed by atoms with Gasteiger partial charge in [0, 0.05) is 5.56 Å². The number of fused-ring (bicyclic) bond motifs is 1. The first kappa shape index (κ1) is 22.8. The van der Waals surface area contributed by atoms with E-state index in [0.29, 0.717) is 49.0 Å². The summed E-state index contributed by atoms with van der Waals surface area (Å²) in [6.45, 7) is 0.424. The summed E-state index contributed by atoms with van der Waals surface area (Å²) in [6, 6.07) is 6.41. The minimum Gasteiger partial charge on any atom is -0.467 e. The van der Waals surface area contributed by atoms with Crippen LogP contribution in [-0.2, 0) is 22.4 Å². The maximum atomic E-state index is 12.5. The monoisotopic (exact) mass is 438 g/mol. The Morgan fingerprint density at radius 3 is 2.53 bits per heavy atom. The average molecular weight is 438 g/mol. The average Bonchev–Trinajstić information content (AvgIpc) is 2.80. The number of aryl methyl sites for hydroxylation is 2. The third-order valence-electron chi connectivity index (χ3n) is 4.88. The van der Waals surface area contributed by atoms with Crippen molar-refractivity contribution >= 4 is 34.8 Å². The molecule has 0 radical (unpaired) electrons. The summed E-state index contributed by atoms with van der Waals surface area (Å²) in [4.78, 5) is 41.0. The maximum Gasteiger partial charge on any atom is 0.328 e. The molecule has 0 bridgehead atoms. The number of rotatable bonds is 9. The summed E-state index contributed by atoms with van der Waals surface area (Å²) in [6.07, 6.45) is 3.94. The molecule has 0 aliphatic carbocycles. The van der Waals surface area contributed by atoms with E-state index in [1.807, 2.05) is 12.1 Å². The minimum absolute atomic E-state index is 0.0541. The van der Waals surface area contributed by atoms with Gasteiger partial charge in [0.15, 0.2) is 17.0 Å². The number of hydrogen-bond acceptors (Lipinski definition) is 10. The Kier molecular flexibility index (Phi) is 7.45. The molecular weight excluding hydrogens is 412 g/mol. The third kappa shape index (κ3) is 5.64. The Balaban J connectivity index is 1.62. The fourth-order valence-electron chi connectivity index (χ4n) is 3.15. The normalized spacial score (nSPS) is 11.8. The molecule has 0 saturated heterocycles. The number of carbonyl (C=O) groups is 2. The molecule has 2 heterocycles. The molecule has 0 aliphatic rings. The highest BCUT2D eigenvalue weighted by Gasteiger charge is 2.21. The van der Waals surface area contributed by atoms with Crippen LogP contribution in [-0.4, -0.2) is 51.5 Å². The van der Waals surface area contributed by atoms with Crippen LogP contribution in [0.1, 0.15) is 34.5 Å². The molecule has 168 valence electrons. The van der Waals surface area contributed by atoms with Gasteiger partial charge in [-0.3, -0.25) is 4.79 Å². The quantitative estimate of drug-likeness (QED) is 0.340. The molecule has 11 nitrogen and oxygen atoms in total. The van der Waals surface area contributed by atoms with Crippen molar-refractivity contribution in [2.24, 2.45) is 5.73 Å². The van der Waals surface area contributed by atoms with Crippen LogP contribution >= 0.6 is 0 Å². The second-order valence-corrected chi connectivity index (χ2v) is 7.18. The number of methoxy groups -OCH3 is 1. The predicted octanol–water partition coefficient (Wildman–Crippen LogP) is 0.380. The first-order valence-corrected chi connectivity index (χ1v) is 10.1. The molecular formula is C21H26N8O3. The number of hydrogen-bond donors (Lipinski definition) is 4. The van der Waals surface area contributed by atoms with Crippen molar-refractivity contribution in [2.75, 3.05) is 25.1 Å². The first-order valence-electron chi connectivity index (χ1n) is 10.1. The van der Waals surface area contributed by atoms with Gasteiger partial charge in [0.2, 0.25) is 5.95 Å². The first-order chi connectivity index (χ1) is 15.4. The van der Waals surface area contributed by atoms with E-state index in [0.717, 1.165) is 11.3 Å². The lowest BCUT2D eigenvalue weighted by Crippen LogP contribution is -2.41. The van der Waals surface area contributed by atoms with E-state index in [9.17, 15) is 9.59 Å². The van der Waals surface area contributed by atoms with Crippen molar-refractivity contribution in [2.45, 2.75) is 31.7 Å². The molecule has 32 heavy (non-hydrogen) atoms. The van der Waals surface area contributed by atoms with E-state index in [1.54, 1.807) is 18.3 Å². The van der Waals surface area contributed by atoms with Gasteiger partial charge < -0.3 is 27.3 Å². The number of anilines is 2. The van der Waals surface area contributed by atoms with Crippen LogP contribution in [0.2, 0.25) is 0 Å². The molecule has 0 saturated carbocycles. The van der Waals surface area contributed by atoms with Gasteiger partial charge in [-0.2, -0.15) is 9.97 Å². The van der Waals surface area contributed by atoms with E-state index in [-0.39, 0.29) is 17.7 Å². The lowest BCUT2D eigenvalue weighted by atomic mass is 10.1. The molecule has 1 atom stereocenters. The second kappa shape index (κ2) is 10.4. The highest BCUT2D eigenvalue weighted by Crippen LogP contribution is 2.16. The summed E-state index contributed by atoms with van der Waals surface area (Å²) < 4.78 is 4.75. The summed E-state index contributed by atoms with van der Waals surface area (Å²) >= 11 is 0. The molecule has 7 N–H and O–H groups in total. The summed E-state index contributed by atoms with van der Waals surface area (Å²) in [5.41, 5.74) is 19.9. The van der Waals surface area contributed by atoms with Gasteiger partial charge in [-0.15, -0.1) is 0 Å². The molecule has 11 heteroatoms. The van der Waals surface area contributed by atoms with Crippen LogP contribution in [0.4, 0.5) is 11.8 Å². The van der Waals surface area contributed by atoms with Crippen molar-refractivity contribution in [3.63, 3.8) is 0 Å². The standard InChI is InChI=1S/C21H26N8O3/c1-32-20(31)15(3-2-10-22)27-19(30)13-7-4-12(5-8-13)6-9-14-11-25-18-16(26-14)17(23)28-21(24)29-18/h4-5,7-8,11,15H,2-3,6,9-10,22H2,1H3,(H,27,30)(H4,23,24,25,28,29)/t15-/m0/s1. The molecule has 3 rings (SSSR count). The van der Waals surface area contributed by atoms with Crippen LogP contribution in [0.15, 0.2) is 30.5 Å². The highest BCUT2D eigenvalue weighted by atomic mass is 16.5. The molecule has 0 aliphatic heterocycles. The van der Waals surface area contributed by atoms with Crippen LogP contribution in [0.3, 0.4) is 0 Å². The van der Waals surface area contributed by atoms with Crippen LogP contribution in [0.25, 0.3) is 11.2 Å². The van der Waals surface area contributed by atoms with Gasteiger partial charge in [-0.1, -0.05) is 12.1 Å². The zero-order valence-electron chi connectivity index (χ0n) is 17.7. The Morgan fingerprint density at radius 2 is 1.84 bits per heavy atom. The molecule has 0 unspecified atom stereocenters. The zero-order valence-corrected chi connectivity index (χ0v) is 17.7. The Bertz CT molecular complexity index is 1100. The van der Waals surface area contributed by atoms with Gasteiger partial charge in [-0.05, 0) is 49.9 Å². The van der Waals surface area contributed by atoms with Gasteiger partial charge >= 0.3 is 5.97 Å². The second-order valence-electron chi connectivity index (χ2n) is 7.18. The third-order valence-corrected chi connectivity index (χ3v) is 4.88. The number of nitrogens with zero attached hydrogens (tertiary/aromatic N) is 4. The number of carbonyl (C=O) groups excluding carboxylic acids is 2. The van der Waals surface area contributed by atoms with E-state index < -0.39 is 12.0 Å². The van der Waals surface area contributed by atoms with Gasteiger partial charge in [0.1, 0.15) is 6.04 Å². The number of esters is 1. The molecule has 3 aromatic rings. The van der Waals surface area contributed by atoms with Crippen LogP contribution in [0, 0.1) is 0 Å².